The number of rotatable bonds is 11. The summed E-state index contributed by atoms with van der Waals surface area (Å²) < 4.78 is 27.0. The van der Waals surface area contributed by atoms with E-state index in [1.165, 1.54) is 0 Å². The molecular weight excluding hydrogens is 600 g/mol. The molecule has 10 nitrogen and oxygen atoms in total. The van der Waals surface area contributed by atoms with E-state index in [0.29, 0.717) is 41.1 Å². The van der Waals surface area contributed by atoms with E-state index in [-0.39, 0.29) is 24.3 Å². The first-order valence-corrected chi connectivity index (χ1v) is 16.6. The van der Waals surface area contributed by atoms with Crippen molar-refractivity contribution in [1.29, 1.82) is 0 Å². The van der Waals surface area contributed by atoms with Crippen LogP contribution >= 0.6 is 0 Å². The topological polar surface area (TPSA) is 132 Å². The van der Waals surface area contributed by atoms with Crippen LogP contribution in [-0.4, -0.2) is 50.7 Å². The highest BCUT2D eigenvalue weighted by Gasteiger charge is 2.30. The standard InChI is InChI=1S/C35H42N6O4S/c1-6-27-21-41(46(43)31-9-8-16-38-35(31)45-27)20-25-17-24(11-10-22(25)3)29(28-13-14-30(37-7-2)34(36)23(28)4)18-32(42)40-26-12-15-33(44-5)39-19-26/h8-17,19,27,29,37H,6-7,18,20-21,36H2,1-5H3,(H,40,42)/t27-,29?,46?/m1/s1. The van der Waals surface area contributed by atoms with E-state index in [1.54, 1.807) is 37.7 Å². The Balaban J connectivity index is 1.50. The van der Waals surface area contributed by atoms with E-state index in [0.717, 1.165) is 46.5 Å². The fraction of sp³-hybridized carbons (Fsp3) is 0.343. The molecule has 0 spiro atoms. The molecule has 3 atom stereocenters. The maximum absolute atomic E-state index is 13.8. The van der Waals surface area contributed by atoms with E-state index in [2.05, 4.69) is 52.6 Å². The molecule has 4 aromatic rings. The maximum atomic E-state index is 13.8. The van der Waals surface area contributed by atoms with Crippen molar-refractivity contribution in [3.05, 3.63) is 94.8 Å². The number of fused-ring (bicyclic) bond motifs is 1. The summed E-state index contributed by atoms with van der Waals surface area (Å²) >= 11 is 0. The molecule has 1 aliphatic rings. The second-order valence-electron chi connectivity index (χ2n) is 11.4. The number of benzene rings is 2. The van der Waals surface area contributed by atoms with Crippen LogP contribution in [0, 0.1) is 13.8 Å². The summed E-state index contributed by atoms with van der Waals surface area (Å²) in [6.07, 6.45) is 4.02. The van der Waals surface area contributed by atoms with Gasteiger partial charge in [-0.25, -0.2) is 18.5 Å². The Morgan fingerprint density at radius 1 is 1.15 bits per heavy atom. The number of hydrogen-bond donors (Lipinski definition) is 3. The van der Waals surface area contributed by atoms with Crippen molar-refractivity contribution < 1.29 is 18.5 Å². The first kappa shape index (κ1) is 32.9. The Morgan fingerprint density at radius 2 is 1.98 bits per heavy atom. The molecule has 46 heavy (non-hydrogen) atoms. The van der Waals surface area contributed by atoms with Gasteiger partial charge in [-0.3, -0.25) is 4.79 Å². The third kappa shape index (κ3) is 7.32. The summed E-state index contributed by atoms with van der Waals surface area (Å²) in [4.78, 5) is 22.7. The zero-order valence-electron chi connectivity index (χ0n) is 27.0. The Morgan fingerprint density at radius 3 is 2.70 bits per heavy atom. The monoisotopic (exact) mass is 642 g/mol. The molecule has 242 valence electrons. The van der Waals surface area contributed by atoms with Crippen LogP contribution in [0.1, 0.15) is 60.4 Å². The van der Waals surface area contributed by atoms with E-state index < -0.39 is 11.0 Å². The first-order valence-electron chi connectivity index (χ1n) is 15.5. The number of nitrogens with two attached hydrogens (primary N) is 1. The highest BCUT2D eigenvalue weighted by Crippen LogP contribution is 2.37. The van der Waals surface area contributed by atoms with Crippen molar-refractivity contribution in [2.24, 2.45) is 0 Å². The maximum Gasteiger partial charge on any atom is 0.231 e. The average molecular weight is 643 g/mol. The highest BCUT2D eigenvalue weighted by atomic mass is 32.2. The molecule has 2 unspecified atom stereocenters. The first-order chi connectivity index (χ1) is 22.2. The van der Waals surface area contributed by atoms with Gasteiger partial charge in [0.05, 0.1) is 30.4 Å². The van der Waals surface area contributed by atoms with Crippen LogP contribution in [0.25, 0.3) is 0 Å². The molecule has 1 amide bonds. The van der Waals surface area contributed by atoms with Gasteiger partial charge in [-0.05, 0) is 79.3 Å². The summed E-state index contributed by atoms with van der Waals surface area (Å²) in [5.41, 5.74) is 13.7. The van der Waals surface area contributed by atoms with Crippen molar-refractivity contribution in [2.45, 2.75) is 64.0 Å². The largest absolute Gasteiger partial charge is 0.481 e. The fourth-order valence-corrected chi connectivity index (χ4v) is 6.96. The molecule has 0 radical (unpaired) electrons. The van der Waals surface area contributed by atoms with Gasteiger partial charge in [-0.1, -0.05) is 31.2 Å². The minimum absolute atomic E-state index is 0.145. The summed E-state index contributed by atoms with van der Waals surface area (Å²) in [6.45, 7) is 9.81. The molecule has 0 bridgehead atoms. The van der Waals surface area contributed by atoms with Crippen LogP contribution in [0.4, 0.5) is 17.1 Å². The molecule has 2 aromatic carbocycles. The van der Waals surface area contributed by atoms with E-state index in [4.69, 9.17) is 15.2 Å². The second kappa shape index (κ2) is 14.7. The van der Waals surface area contributed by atoms with Gasteiger partial charge in [0.25, 0.3) is 0 Å². The van der Waals surface area contributed by atoms with Gasteiger partial charge in [0.1, 0.15) is 22.0 Å². The molecule has 4 N–H and O–H groups in total. The average Bonchev–Trinajstić information content (AvgIpc) is 3.19. The van der Waals surface area contributed by atoms with Crippen molar-refractivity contribution >= 4 is 34.0 Å². The van der Waals surface area contributed by atoms with Gasteiger partial charge < -0.3 is 25.8 Å². The number of methoxy groups -OCH3 is 1. The van der Waals surface area contributed by atoms with Crippen molar-refractivity contribution in [2.75, 3.05) is 36.6 Å². The SMILES string of the molecule is CCNc1ccc(C(CC(=O)Nc2ccc(OC)nc2)c2ccc(C)c(CN3C[C@@H](CC)Oc4ncccc4S3=O)c2)c(C)c1N. The normalized spacial score (nSPS) is 16.9. The molecule has 5 rings (SSSR count). The number of ether oxygens (including phenoxy) is 2. The number of aromatic nitrogens is 2. The number of nitrogen functional groups attached to an aromatic ring is 1. The van der Waals surface area contributed by atoms with Crippen LogP contribution in [0.2, 0.25) is 0 Å². The van der Waals surface area contributed by atoms with Crippen molar-refractivity contribution in [3.8, 4) is 11.8 Å². The number of aryl methyl sites for hydroxylation is 1. The Labute approximate surface area is 273 Å². The van der Waals surface area contributed by atoms with Crippen LogP contribution in [0.5, 0.6) is 11.8 Å². The lowest BCUT2D eigenvalue weighted by Gasteiger charge is -2.25. The number of nitrogens with zero attached hydrogens (tertiary/aromatic N) is 3. The molecule has 0 aliphatic carbocycles. The van der Waals surface area contributed by atoms with E-state index in [9.17, 15) is 9.00 Å². The number of nitrogens with one attached hydrogen (secondary N) is 2. The van der Waals surface area contributed by atoms with Crippen LogP contribution in [0.15, 0.2) is 71.9 Å². The predicted octanol–water partition coefficient (Wildman–Crippen LogP) is 5.97. The molecule has 1 aliphatic heterocycles. The highest BCUT2D eigenvalue weighted by molar-refractivity contribution is 7.82. The molecular formula is C35H42N6O4S. The van der Waals surface area contributed by atoms with Gasteiger partial charge in [-0.15, -0.1) is 0 Å². The molecule has 3 heterocycles. The third-order valence-corrected chi connectivity index (χ3v) is 9.77. The number of anilines is 3. The Hall–Kier alpha value is -4.48. The molecule has 0 saturated carbocycles. The second-order valence-corrected chi connectivity index (χ2v) is 12.8. The number of carbonyl (C=O) groups excluding carboxylic acids is 1. The summed E-state index contributed by atoms with van der Waals surface area (Å²) in [5, 5.41) is 6.31. The number of hydrogen-bond acceptors (Lipinski definition) is 8. The quantitative estimate of drug-likeness (QED) is 0.171. The van der Waals surface area contributed by atoms with E-state index >= 15 is 0 Å². The van der Waals surface area contributed by atoms with Gasteiger partial charge in [-0.2, -0.15) is 0 Å². The van der Waals surface area contributed by atoms with Gasteiger partial charge >= 0.3 is 0 Å². The smallest absolute Gasteiger partial charge is 0.231 e. The zero-order valence-corrected chi connectivity index (χ0v) is 27.8. The number of amides is 1. The molecule has 0 fully saturated rings. The summed E-state index contributed by atoms with van der Waals surface area (Å²) in [5.74, 6) is 0.438. The summed E-state index contributed by atoms with van der Waals surface area (Å²) in [7, 11) is 0.0914. The van der Waals surface area contributed by atoms with Crippen LogP contribution < -0.4 is 25.8 Å². The Kier molecular flexibility index (Phi) is 10.5. The van der Waals surface area contributed by atoms with Crippen molar-refractivity contribution in [3.63, 3.8) is 0 Å². The van der Waals surface area contributed by atoms with Crippen LogP contribution in [-0.2, 0) is 22.3 Å². The zero-order chi connectivity index (χ0) is 32.8. The Bertz CT molecular complexity index is 1710. The number of carbonyl (C=O) groups is 1. The lowest BCUT2D eigenvalue weighted by molar-refractivity contribution is -0.116. The van der Waals surface area contributed by atoms with Crippen LogP contribution in [0.3, 0.4) is 0 Å². The lowest BCUT2D eigenvalue weighted by Crippen LogP contribution is -2.33. The lowest BCUT2D eigenvalue weighted by atomic mass is 9.83. The fourth-order valence-electron chi connectivity index (χ4n) is 5.68. The van der Waals surface area contributed by atoms with Gasteiger partial charge in [0, 0.05) is 44.2 Å². The molecule has 2 aromatic heterocycles. The number of pyridine rings is 2. The minimum Gasteiger partial charge on any atom is -0.481 e. The van der Waals surface area contributed by atoms with E-state index in [1.807, 2.05) is 36.4 Å². The molecule has 11 heteroatoms. The van der Waals surface area contributed by atoms with Gasteiger partial charge in [0.2, 0.25) is 17.7 Å². The van der Waals surface area contributed by atoms with Gasteiger partial charge in [0.15, 0.2) is 0 Å². The minimum atomic E-state index is -1.46. The van der Waals surface area contributed by atoms with Crippen molar-refractivity contribution in [1.82, 2.24) is 14.3 Å². The predicted molar refractivity (Wildman–Crippen MR) is 183 cm³/mol. The summed E-state index contributed by atoms with van der Waals surface area (Å²) in [6, 6.07) is 17.4. The molecule has 0 saturated heterocycles. The third-order valence-electron chi connectivity index (χ3n) is 8.34.